The van der Waals surface area contributed by atoms with Crippen LogP contribution in [-0.4, -0.2) is 43.2 Å². The molecule has 0 aliphatic carbocycles. The van der Waals surface area contributed by atoms with Gasteiger partial charge in [-0.1, -0.05) is 0 Å². The summed E-state index contributed by atoms with van der Waals surface area (Å²) < 4.78 is 10.3. The Kier molecular flexibility index (Phi) is 4.09. The summed E-state index contributed by atoms with van der Waals surface area (Å²) >= 11 is 0. The highest BCUT2D eigenvalue weighted by Crippen LogP contribution is 2.25. The van der Waals surface area contributed by atoms with E-state index in [1.807, 2.05) is 7.05 Å². The lowest BCUT2D eigenvalue weighted by atomic mass is 9.90. The Morgan fingerprint density at radius 1 is 1.58 bits per heavy atom. The van der Waals surface area contributed by atoms with Gasteiger partial charge in [-0.15, -0.1) is 0 Å². The maximum atomic E-state index is 11.5. The number of aromatic nitrogens is 1. The normalized spacial score (nSPS) is 18.4. The zero-order valence-corrected chi connectivity index (χ0v) is 11.7. The molecule has 1 N–H and O–H groups in total. The van der Waals surface area contributed by atoms with E-state index in [-0.39, 0.29) is 11.2 Å². The lowest BCUT2D eigenvalue weighted by molar-refractivity contribution is 0.0519. The highest BCUT2D eigenvalue weighted by molar-refractivity contribution is 5.87. The van der Waals surface area contributed by atoms with Crippen molar-refractivity contribution in [2.24, 2.45) is 0 Å². The first kappa shape index (κ1) is 13.9. The van der Waals surface area contributed by atoms with Crippen molar-refractivity contribution in [1.29, 1.82) is 0 Å². The molecule has 6 nitrogen and oxygen atoms in total. The van der Waals surface area contributed by atoms with E-state index >= 15 is 0 Å². The van der Waals surface area contributed by atoms with Crippen LogP contribution in [0, 0.1) is 0 Å². The summed E-state index contributed by atoms with van der Waals surface area (Å²) in [6.07, 6.45) is 3.39. The van der Waals surface area contributed by atoms with Crippen molar-refractivity contribution in [3.8, 4) is 0 Å². The number of esters is 1. The van der Waals surface area contributed by atoms with Gasteiger partial charge in [0.15, 0.2) is 5.69 Å². The number of rotatable bonds is 4. The fourth-order valence-electron chi connectivity index (χ4n) is 2.15. The van der Waals surface area contributed by atoms with Gasteiger partial charge in [0.25, 0.3) is 6.01 Å². The van der Waals surface area contributed by atoms with Gasteiger partial charge in [-0.05, 0) is 33.7 Å². The number of hydrogen-bond acceptors (Lipinski definition) is 6. The number of carbonyl (C=O) groups is 1. The smallest absolute Gasteiger partial charge is 0.360 e. The number of nitrogens with one attached hydrogen (secondary N) is 1. The number of piperidine rings is 1. The van der Waals surface area contributed by atoms with Crippen LogP contribution in [0.1, 0.15) is 37.2 Å². The van der Waals surface area contributed by atoms with Gasteiger partial charge in [0.1, 0.15) is 6.26 Å². The fourth-order valence-corrected chi connectivity index (χ4v) is 2.15. The topological polar surface area (TPSA) is 67.6 Å². The molecule has 1 aromatic heterocycles. The third-order valence-corrected chi connectivity index (χ3v) is 3.72. The first-order chi connectivity index (χ1) is 9.08. The van der Waals surface area contributed by atoms with Gasteiger partial charge in [-0.2, -0.15) is 4.98 Å². The van der Waals surface area contributed by atoms with Crippen LogP contribution in [0.5, 0.6) is 0 Å². The van der Waals surface area contributed by atoms with Gasteiger partial charge in [-0.3, -0.25) is 0 Å². The Labute approximate surface area is 113 Å². The first-order valence-corrected chi connectivity index (χ1v) is 6.64. The summed E-state index contributed by atoms with van der Waals surface area (Å²) in [6, 6.07) is 0.501. The Hall–Kier alpha value is -1.56. The van der Waals surface area contributed by atoms with E-state index in [1.165, 1.54) is 6.26 Å². The molecule has 1 fully saturated rings. The molecule has 2 rings (SSSR count). The van der Waals surface area contributed by atoms with Crippen LogP contribution in [0.4, 0.5) is 6.01 Å². The maximum Gasteiger partial charge on any atom is 0.360 e. The minimum atomic E-state index is -0.436. The van der Waals surface area contributed by atoms with Crippen molar-refractivity contribution >= 4 is 12.0 Å². The number of carbonyl (C=O) groups excluding carboxylic acids is 1. The van der Waals surface area contributed by atoms with Crippen LogP contribution in [-0.2, 0) is 4.74 Å². The van der Waals surface area contributed by atoms with Crippen molar-refractivity contribution in [2.75, 3.05) is 31.6 Å². The summed E-state index contributed by atoms with van der Waals surface area (Å²) in [4.78, 5) is 17.8. The Morgan fingerprint density at radius 2 is 2.26 bits per heavy atom. The average Bonchev–Trinajstić information content (AvgIpc) is 2.90. The number of ether oxygens (including phenoxy) is 1. The van der Waals surface area contributed by atoms with E-state index in [4.69, 9.17) is 9.15 Å². The number of nitrogens with zero attached hydrogens (tertiary/aromatic N) is 2. The first-order valence-electron chi connectivity index (χ1n) is 6.64. The highest BCUT2D eigenvalue weighted by atomic mass is 16.5. The van der Waals surface area contributed by atoms with Crippen LogP contribution in [0.25, 0.3) is 0 Å². The second-order valence-electron chi connectivity index (χ2n) is 5.03. The van der Waals surface area contributed by atoms with Crippen LogP contribution in [0.2, 0.25) is 0 Å². The predicted octanol–water partition coefficient (Wildman–Crippen LogP) is 1.43. The Bertz CT molecular complexity index is 436. The highest BCUT2D eigenvalue weighted by Gasteiger charge is 2.30. The number of hydrogen-bond donors (Lipinski definition) is 1. The molecular weight excluding hydrogens is 246 g/mol. The molecule has 2 heterocycles. The van der Waals surface area contributed by atoms with Gasteiger partial charge in [0.2, 0.25) is 0 Å². The van der Waals surface area contributed by atoms with Crippen LogP contribution in [0.3, 0.4) is 0 Å². The zero-order valence-electron chi connectivity index (χ0n) is 11.7. The van der Waals surface area contributed by atoms with Gasteiger partial charge in [0, 0.05) is 18.6 Å². The average molecular weight is 267 g/mol. The third-order valence-electron chi connectivity index (χ3n) is 3.72. The maximum absolute atomic E-state index is 11.5. The van der Waals surface area contributed by atoms with Crippen LogP contribution in [0.15, 0.2) is 10.7 Å². The van der Waals surface area contributed by atoms with Crippen molar-refractivity contribution in [3.63, 3.8) is 0 Å². The van der Waals surface area contributed by atoms with Gasteiger partial charge < -0.3 is 19.4 Å². The predicted molar refractivity (Wildman–Crippen MR) is 71.4 cm³/mol. The van der Waals surface area contributed by atoms with E-state index in [9.17, 15) is 4.79 Å². The van der Waals surface area contributed by atoms with E-state index in [1.54, 1.807) is 6.92 Å². The van der Waals surface area contributed by atoms with Gasteiger partial charge >= 0.3 is 5.97 Å². The molecule has 6 heteroatoms. The molecule has 1 aliphatic rings. The SMILES string of the molecule is CCOC(=O)c1coc(N2CCC(C)(NC)CC2)n1. The molecule has 0 unspecified atom stereocenters. The molecule has 1 saturated heterocycles. The minimum absolute atomic E-state index is 0.174. The largest absolute Gasteiger partial charge is 0.461 e. The molecule has 0 radical (unpaired) electrons. The summed E-state index contributed by atoms with van der Waals surface area (Å²) in [7, 11) is 1.99. The van der Waals surface area contributed by atoms with Crippen molar-refractivity contribution in [1.82, 2.24) is 10.3 Å². The summed E-state index contributed by atoms with van der Waals surface area (Å²) in [5.74, 6) is -0.436. The summed E-state index contributed by atoms with van der Waals surface area (Å²) in [5, 5.41) is 3.34. The second kappa shape index (κ2) is 5.61. The molecule has 106 valence electrons. The molecule has 19 heavy (non-hydrogen) atoms. The minimum Gasteiger partial charge on any atom is -0.461 e. The van der Waals surface area contributed by atoms with Crippen LogP contribution >= 0.6 is 0 Å². The zero-order chi connectivity index (χ0) is 13.9. The molecule has 1 aromatic rings. The van der Waals surface area contributed by atoms with E-state index in [0.29, 0.717) is 12.6 Å². The van der Waals surface area contributed by atoms with E-state index < -0.39 is 5.97 Å². The van der Waals surface area contributed by atoms with E-state index in [2.05, 4.69) is 22.1 Å². The quantitative estimate of drug-likeness (QED) is 0.832. The lowest BCUT2D eigenvalue weighted by Gasteiger charge is -2.38. The fraction of sp³-hybridized carbons (Fsp3) is 0.692. The molecule has 0 aromatic carbocycles. The second-order valence-corrected chi connectivity index (χ2v) is 5.03. The van der Waals surface area contributed by atoms with E-state index in [0.717, 1.165) is 25.9 Å². The molecule has 0 saturated carbocycles. The lowest BCUT2D eigenvalue weighted by Crippen LogP contribution is -2.50. The van der Waals surface area contributed by atoms with Gasteiger partial charge in [0.05, 0.1) is 6.61 Å². The molecule has 0 amide bonds. The van der Waals surface area contributed by atoms with Crippen molar-refractivity contribution in [3.05, 3.63) is 12.0 Å². The standard InChI is InChI=1S/C13H21N3O3/c1-4-18-11(17)10-9-19-12(15-10)16-7-5-13(2,14-3)6-8-16/h9,14H,4-8H2,1-3H3. The molecular formula is C13H21N3O3. The number of anilines is 1. The van der Waals surface area contributed by atoms with Crippen molar-refractivity contribution in [2.45, 2.75) is 32.2 Å². The molecule has 1 aliphatic heterocycles. The van der Waals surface area contributed by atoms with Crippen LogP contribution < -0.4 is 10.2 Å². The third kappa shape index (κ3) is 3.07. The molecule has 0 atom stereocenters. The van der Waals surface area contributed by atoms with Crippen molar-refractivity contribution < 1.29 is 13.9 Å². The Balaban J connectivity index is 1.99. The Morgan fingerprint density at radius 3 is 2.84 bits per heavy atom. The monoisotopic (exact) mass is 267 g/mol. The number of oxazole rings is 1. The molecule has 0 spiro atoms. The summed E-state index contributed by atoms with van der Waals surface area (Å²) in [5.41, 5.74) is 0.409. The molecule has 0 bridgehead atoms. The van der Waals surface area contributed by atoms with Gasteiger partial charge in [-0.25, -0.2) is 4.79 Å². The summed E-state index contributed by atoms with van der Waals surface area (Å²) in [6.45, 7) is 6.04.